The van der Waals surface area contributed by atoms with Crippen LogP contribution in [0, 0.1) is 6.92 Å². The Hall–Kier alpha value is -3.26. The van der Waals surface area contributed by atoms with Gasteiger partial charge in [-0.1, -0.05) is 23.2 Å². The minimum absolute atomic E-state index is 0.0657. The maximum Gasteiger partial charge on any atom is 0.436 e. The summed E-state index contributed by atoms with van der Waals surface area (Å²) in [7, 11) is 0. The normalized spacial score (nSPS) is 13.7. The van der Waals surface area contributed by atoms with Gasteiger partial charge in [0.15, 0.2) is 17.3 Å². The molecule has 3 aromatic heterocycles. The van der Waals surface area contributed by atoms with Crippen LogP contribution in [0.4, 0.5) is 13.2 Å². The maximum atomic E-state index is 13.8. The molecule has 5 rings (SSSR count). The predicted molar refractivity (Wildman–Crippen MR) is 147 cm³/mol. The van der Waals surface area contributed by atoms with E-state index in [1.54, 1.807) is 25.1 Å². The first kappa shape index (κ1) is 29.2. The summed E-state index contributed by atoms with van der Waals surface area (Å²) in [5, 5.41) is 11.4. The van der Waals surface area contributed by atoms with Gasteiger partial charge in [0.05, 0.1) is 41.0 Å². The van der Waals surface area contributed by atoms with Crippen molar-refractivity contribution in [1.82, 2.24) is 29.9 Å². The van der Waals surface area contributed by atoms with Gasteiger partial charge in [0.25, 0.3) is 5.91 Å². The van der Waals surface area contributed by atoms with Gasteiger partial charge in [-0.25, -0.2) is 9.67 Å². The van der Waals surface area contributed by atoms with Gasteiger partial charge >= 0.3 is 6.18 Å². The minimum atomic E-state index is -4.65. The highest BCUT2D eigenvalue weighted by Crippen LogP contribution is 2.33. The number of carbonyl (C=O) groups excluding carboxylic acids is 2. The van der Waals surface area contributed by atoms with Gasteiger partial charge < -0.3 is 10.1 Å². The third kappa shape index (κ3) is 6.32. The van der Waals surface area contributed by atoms with E-state index >= 15 is 0 Å². The highest BCUT2D eigenvalue weighted by atomic mass is 79.9. The van der Waals surface area contributed by atoms with Crippen molar-refractivity contribution in [2.75, 3.05) is 13.2 Å². The molecule has 4 aromatic rings. The van der Waals surface area contributed by atoms with Crippen LogP contribution in [0.5, 0.6) is 0 Å². The minimum Gasteiger partial charge on any atom is -0.377 e. The van der Waals surface area contributed by atoms with Crippen molar-refractivity contribution in [1.29, 1.82) is 0 Å². The van der Waals surface area contributed by atoms with Gasteiger partial charge in [0, 0.05) is 29.4 Å². The van der Waals surface area contributed by atoms with Crippen molar-refractivity contribution in [2.45, 2.75) is 32.1 Å². The Kier molecular flexibility index (Phi) is 8.24. The van der Waals surface area contributed by atoms with Crippen molar-refractivity contribution in [3.05, 3.63) is 91.0 Å². The number of benzene rings is 1. The largest absolute Gasteiger partial charge is 0.436 e. The van der Waals surface area contributed by atoms with Crippen LogP contribution in [0.25, 0.3) is 5.82 Å². The average Bonchev–Trinajstić information content (AvgIpc) is 3.46. The summed E-state index contributed by atoms with van der Waals surface area (Å²) in [6, 6.07) is 7.62. The molecule has 214 valence electrons. The number of aryl methyl sites for hydroxylation is 1. The number of halogens is 6. The molecule has 0 saturated carbocycles. The van der Waals surface area contributed by atoms with Crippen LogP contribution in [0.2, 0.25) is 10.0 Å². The molecule has 1 fully saturated rings. The Morgan fingerprint density at radius 1 is 1.20 bits per heavy atom. The molecule has 9 nitrogen and oxygen atoms in total. The monoisotopic (exact) mass is 670 g/mol. The van der Waals surface area contributed by atoms with Crippen molar-refractivity contribution >= 4 is 50.8 Å². The number of amides is 1. The quantitative estimate of drug-likeness (QED) is 0.250. The lowest BCUT2D eigenvalue weighted by Gasteiger charge is -2.27. The molecule has 0 bridgehead atoms. The Morgan fingerprint density at radius 2 is 1.95 bits per heavy atom. The van der Waals surface area contributed by atoms with Crippen LogP contribution in [0.3, 0.4) is 0 Å². The van der Waals surface area contributed by atoms with E-state index in [0.717, 1.165) is 4.68 Å². The van der Waals surface area contributed by atoms with E-state index in [4.69, 9.17) is 27.9 Å². The number of ether oxygens (including phenoxy) is 1. The number of ketones is 1. The molecule has 0 unspecified atom stereocenters. The summed E-state index contributed by atoms with van der Waals surface area (Å²) >= 11 is 15.5. The van der Waals surface area contributed by atoms with Gasteiger partial charge in [-0.15, -0.1) is 0 Å². The Labute approximate surface area is 249 Å². The van der Waals surface area contributed by atoms with Crippen molar-refractivity contribution in [3.63, 3.8) is 0 Å². The summed E-state index contributed by atoms with van der Waals surface area (Å²) in [6.45, 7) is 2.35. The number of nitrogens with one attached hydrogen (secondary N) is 1. The molecule has 15 heteroatoms. The number of pyridine rings is 1. The van der Waals surface area contributed by atoms with Gasteiger partial charge in [-0.3, -0.25) is 14.3 Å². The number of hydrogen-bond acceptors (Lipinski definition) is 6. The third-order valence-corrected chi connectivity index (χ3v) is 7.38. The number of aromatic nitrogens is 5. The predicted octanol–water partition coefficient (Wildman–Crippen LogP) is 5.46. The maximum absolute atomic E-state index is 13.8. The highest BCUT2D eigenvalue weighted by molar-refractivity contribution is 9.10. The zero-order chi connectivity index (χ0) is 29.5. The first-order valence-electron chi connectivity index (χ1n) is 12.1. The van der Waals surface area contributed by atoms with E-state index in [1.807, 2.05) is 0 Å². The lowest BCUT2D eigenvalue weighted by molar-refractivity contribution is -0.142. The van der Waals surface area contributed by atoms with Crippen LogP contribution in [-0.2, 0) is 23.9 Å². The Bertz CT molecular complexity index is 1650. The fourth-order valence-corrected chi connectivity index (χ4v) is 5.30. The standard InChI is InChI=1S/C26H20BrCl2F3N6O3/c1-13-5-14(28)6-18(25(40)34-16-11-41-12-16)17(13)8-22(39)21-7-15(35-38(21)24-20(29)3-2-4-33-24)9-37-10-19(27)23(36-37)26(30,31)32/h2-7,10,16H,8-9,11-12H2,1H3,(H,34,40). The first-order chi connectivity index (χ1) is 19.4. The number of nitrogens with zero attached hydrogens (tertiary/aromatic N) is 5. The molecular formula is C26H20BrCl2F3N6O3. The molecule has 1 aromatic carbocycles. The van der Waals surface area contributed by atoms with Gasteiger partial charge in [-0.05, 0) is 64.3 Å². The second kappa shape index (κ2) is 11.6. The molecular weight excluding hydrogens is 652 g/mol. The highest BCUT2D eigenvalue weighted by Gasteiger charge is 2.37. The zero-order valence-electron chi connectivity index (χ0n) is 21.2. The topological polar surface area (TPSA) is 104 Å². The fraction of sp³-hybridized carbons (Fsp3) is 0.269. The molecule has 1 saturated heterocycles. The van der Waals surface area contributed by atoms with E-state index in [-0.39, 0.29) is 51.3 Å². The van der Waals surface area contributed by atoms with Crippen LogP contribution >= 0.6 is 39.1 Å². The molecule has 0 radical (unpaired) electrons. The molecule has 0 aliphatic carbocycles. The molecule has 1 amide bonds. The second-order valence-electron chi connectivity index (χ2n) is 9.32. The summed E-state index contributed by atoms with van der Waals surface area (Å²) < 4.78 is 46.9. The number of alkyl halides is 3. The Morgan fingerprint density at radius 3 is 2.59 bits per heavy atom. The van der Waals surface area contributed by atoms with Crippen molar-refractivity contribution < 1.29 is 27.5 Å². The lowest BCUT2D eigenvalue weighted by atomic mass is 9.95. The molecule has 1 aliphatic heterocycles. The summed E-state index contributed by atoms with van der Waals surface area (Å²) in [4.78, 5) is 31.1. The van der Waals surface area contributed by atoms with Crippen molar-refractivity contribution in [3.8, 4) is 5.82 Å². The fourth-order valence-electron chi connectivity index (χ4n) is 4.28. The number of carbonyl (C=O) groups is 2. The van der Waals surface area contributed by atoms with E-state index in [0.29, 0.717) is 29.4 Å². The Balaban J connectivity index is 1.51. The van der Waals surface area contributed by atoms with Crippen LogP contribution in [-0.4, -0.2) is 55.5 Å². The van der Waals surface area contributed by atoms with Gasteiger partial charge in [-0.2, -0.15) is 23.4 Å². The molecule has 1 N–H and O–H groups in total. The van der Waals surface area contributed by atoms with E-state index in [2.05, 4.69) is 36.4 Å². The third-order valence-electron chi connectivity index (χ3n) is 6.29. The summed E-state index contributed by atoms with van der Waals surface area (Å²) in [6.07, 6.45) is -2.22. The summed E-state index contributed by atoms with van der Waals surface area (Å²) in [5.74, 6) is -0.676. The summed E-state index contributed by atoms with van der Waals surface area (Å²) in [5.41, 5.74) is 0.552. The van der Waals surface area contributed by atoms with E-state index in [1.165, 1.54) is 29.2 Å². The van der Waals surface area contributed by atoms with E-state index in [9.17, 15) is 22.8 Å². The van der Waals surface area contributed by atoms with Crippen molar-refractivity contribution in [2.24, 2.45) is 0 Å². The second-order valence-corrected chi connectivity index (χ2v) is 11.0. The van der Waals surface area contributed by atoms with Gasteiger partial charge in [0.2, 0.25) is 0 Å². The number of Topliss-reactive ketones (excluding diaryl/α,β-unsaturated/α-hetero) is 1. The smallest absolute Gasteiger partial charge is 0.377 e. The molecule has 0 atom stereocenters. The SMILES string of the molecule is Cc1cc(Cl)cc(C(=O)NC2COC2)c1CC(=O)c1cc(Cn2cc(Br)c(C(F)(F)F)n2)nn1-c1ncccc1Cl. The van der Waals surface area contributed by atoms with Crippen LogP contribution in [0.15, 0.2) is 47.2 Å². The molecule has 1 aliphatic rings. The van der Waals surface area contributed by atoms with Crippen LogP contribution < -0.4 is 5.32 Å². The first-order valence-corrected chi connectivity index (χ1v) is 13.7. The molecule has 41 heavy (non-hydrogen) atoms. The molecule has 0 spiro atoms. The number of rotatable bonds is 8. The average molecular weight is 672 g/mol. The lowest BCUT2D eigenvalue weighted by Crippen LogP contribution is -2.48. The number of hydrogen-bond donors (Lipinski definition) is 1. The zero-order valence-corrected chi connectivity index (χ0v) is 24.3. The van der Waals surface area contributed by atoms with Crippen LogP contribution in [0.1, 0.15) is 43.4 Å². The molecule has 4 heterocycles. The van der Waals surface area contributed by atoms with Gasteiger partial charge in [0.1, 0.15) is 5.69 Å². The van der Waals surface area contributed by atoms with E-state index < -0.39 is 23.6 Å².